The van der Waals surface area contributed by atoms with E-state index >= 15 is 0 Å². The maximum atomic E-state index is 13.0. The van der Waals surface area contributed by atoms with Gasteiger partial charge in [-0.3, -0.25) is 14.4 Å². The molecule has 1 N–H and O–H groups in total. The Labute approximate surface area is 153 Å². The van der Waals surface area contributed by atoms with Crippen molar-refractivity contribution in [3.05, 3.63) is 65.7 Å². The number of carbonyl (C=O) groups excluding carboxylic acids is 3. The minimum atomic E-state index is -0.346. The van der Waals surface area contributed by atoms with Gasteiger partial charge in [0.15, 0.2) is 5.78 Å². The Morgan fingerprint density at radius 3 is 2.50 bits per heavy atom. The van der Waals surface area contributed by atoms with Gasteiger partial charge in [-0.1, -0.05) is 42.5 Å². The van der Waals surface area contributed by atoms with Gasteiger partial charge in [0, 0.05) is 24.7 Å². The third-order valence-corrected chi connectivity index (χ3v) is 4.88. The summed E-state index contributed by atoms with van der Waals surface area (Å²) < 4.78 is 0. The molecule has 0 saturated carbocycles. The van der Waals surface area contributed by atoms with E-state index in [1.54, 1.807) is 36.2 Å². The predicted octanol–water partition coefficient (Wildman–Crippen LogP) is 3.44. The molecule has 1 saturated heterocycles. The van der Waals surface area contributed by atoms with Crippen LogP contribution in [0.1, 0.15) is 41.7 Å². The number of hydrogen-bond donors (Lipinski definition) is 1. The Morgan fingerprint density at radius 2 is 1.81 bits per heavy atom. The van der Waals surface area contributed by atoms with Crippen molar-refractivity contribution < 1.29 is 14.4 Å². The lowest BCUT2D eigenvalue weighted by molar-refractivity contribution is -0.140. The molecule has 0 aliphatic carbocycles. The first-order valence-electron chi connectivity index (χ1n) is 8.70. The summed E-state index contributed by atoms with van der Waals surface area (Å²) in [6.07, 6.45) is 0.854. The molecule has 0 radical (unpaired) electrons. The zero-order valence-electron chi connectivity index (χ0n) is 14.9. The van der Waals surface area contributed by atoms with Gasteiger partial charge in [-0.25, -0.2) is 0 Å². The number of nitrogens with one attached hydrogen (secondary N) is 1. The first-order valence-corrected chi connectivity index (χ1v) is 8.70. The number of likely N-dealkylation sites (tertiary alicyclic amines) is 1. The lowest BCUT2D eigenvalue weighted by atomic mass is 9.84. The van der Waals surface area contributed by atoms with Crippen molar-refractivity contribution in [2.45, 2.75) is 25.8 Å². The zero-order chi connectivity index (χ0) is 18.7. The molecule has 3 rings (SSSR count). The fraction of sp³-hybridized carbons (Fsp3) is 0.286. The van der Waals surface area contributed by atoms with Gasteiger partial charge in [-0.05, 0) is 31.0 Å². The summed E-state index contributed by atoms with van der Waals surface area (Å²) in [7, 11) is 1.75. The number of rotatable bonds is 4. The third kappa shape index (κ3) is 3.67. The van der Waals surface area contributed by atoms with Crippen molar-refractivity contribution in [1.82, 2.24) is 4.90 Å². The van der Waals surface area contributed by atoms with E-state index in [2.05, 4.69) is 5.32 Å². The molecular formula is C21H22N2O3. The Kier molecular flexibility index (Phi) is 5.16. The van der Waals surface area contributed by atoms with Gasteiger partial charge in [0.2, 0.25) is 11.8 Å². The summed E-state index contributed by atoms with van der Waals surface area (Å²) in [4.78, 5) is 38.3. The first-order chi connectivity index (χ1) is 12.5. The molecule has 0 unspecified atom stereocenters. The number of piperidine rings is 1. The predicted molar refractivity (Wildman–Crippen MR) is 99.8 cm³/mol. The number of hydrogen-bond acceptors (Lipinski definition) is 3. The van der Waals surface area contributed by atoms with E-state index in [1.807, 2.05) is 30.3 Å². The molecule has 2 amide bonds. The van der Waals surface area contributed by atoms with Crippen molar-refractivity contribution >= 4 is 23.3 Å². The fourth-order valence-corrected chi connectivity index (χ4v) is 3.47. The van der Waals surface area contributed by atoms with Gasteiger partial charge in [0.05, 0.1) is 12.0 Å². The van der Waals surface area contributed by atoms with Crippen LogP contribution in [-0.2, 0) is 9.59 Å². The Morgan fingerprint density at radius 1 is 1.08 bits per heavy atom. The molecule has 2 atom stereocenters. The molecule has 0 spiro atoms. The number of nitrogens with zero attached hydrogens (tertiary/aromatic N) is 1. The van der Waals surface area contributed by atoms with Crippen LogP contribution in [0.2, 0.25) is 0 Å². The number of ketones is 1. The SMILES string of the molecule is CC(=O)c1cccc(NC(=O)[C@H]2CCC(=O)N(C)[C@@H]2c2ccccc2)c1. The van der Waals surface area contributed by atoms with Crippen molar-refractivity contribution in [1.29, 1.82) is 0 Å². The van der Waals surface area contributed by atoms with Crippen LogP contribution in [0.5, 0.6) is 0 Å². The second-order valence-electron chi connectivity index (χ2n) is 6.63. The number of amides is 2. The standard InChI is InChI=1S/C21H22N2O3/c1-14(24)16-9-6-10-17(13-16)22-21(26)18-11-12-19(25)23(2)20(18)15-7-4-3-5-8-15/h3-10,13,18,20H,11-12H2,1-2H3,(H,22,26)/t18-,20+/m0/s1. The quantitative estimate of drug-likeness (QED) is 0.859. The highest BCUT2D eigenvalue weighted by atomic mass is 16.2. The van der Waals surface area contributed by atoms with Crippen molar-refractivity contribution in [2.24, 2.45) is 5.92 Å². The molecule has 134 valence electrons. The van der Waals surface area contributed by atoms with Gasteiger partial charge in [-0.15, -0.1) is 0 Å². The summed E-state index contributed by atoms with van der Waals surface area (Å²) >= 11 is 0. The highest BCUT2D eigenvalue weighted by molar-refractivity contribution is 5.98. The minimum Gasteiger partial charge on any atom is -0.338 e. The average molecular weight is 350 g/mol. The molecule has 5 heteroatoms. The van der Waals surface area contributed by atoms with Gasteiger partial charge in [-0.2, -0.15) is 0 Å². The van der Waals surface area contributed by atoms with Gasteiger partial charge in [0.1, 0.15) is 0 Å². The van der Waals surface area contributed by atoms with E-state index in [0.717, 1.165) is 5.56 Å². The zero-order valence-corrected chi connectivity index (χ0v) is 14.9. The van der Waals surface area contributed by atoms with E-state index in [4.69, 9.17) is 0 Å². The van der Waals surface area contributed by atoms with E-state index in [-0.39, 0.29) is 29.6 Å². The molecular weight excluding hydrogens is 328 g/mol. The summed E-state index contributed by atoms with van der Waals surface area (Å²) in [5.41, 5.74) is 2.09. The smallest absolute Gasteiger partial charge is 0.229 e. The molecule has 1 aliphatic rings. The van der Waals surface area contributed by atoms with Crippen LogP contribution in [0.4, 0.5) is 5.69 Å². The van der Waals surface area contributed by atoms with Crippen molar-refractivity contribution in [3.63, 3.8) is 0 Å². The number of Topliss-reactive ketones (excluding diaryl/α,β-unsaturated/α-hetero) is 1. The van der Waals surface area contributed by atoms with Crippen LogP contribution in [0.25, 0.3) is 0 Å². The summed E-state index contributed by atoms with van der Waals surface area (Å²) in [5.74, 6) is -0.493. The van der Waals surface area contributed by atoms with Crippen molar-refractivity contribution in [3.8, 4) is 0 Å². The monoisotopic (exact) mass is 350 g/mol. The summed E-state index contributed by atoms with van der Waals surface area (Å²) in [6.45, 7) is 1.49. The van der Waals surface area contributed by atoms with Crippen LogP contribution in [0.15, 0.2) is 54.6 Å². The maximum Gasteiger partial charge on any atom is 0.229 e. The second-order valence-corrected chi connectivity index (χ2v) is 6.63. The largest absolute Gasteiger partial charge is 0.338 e. The van der Waals surface area contributed by atoms with Crippen LogP contribution in [0.3, 0.4) is 0 Å². The minimum absolute atomic E-state index is 0.0430. The first kappa shape index (κ1) is 17.9. The van der Waals surface area contributed by atoms with E-state index in [9.17, 15) is 14.4 Å². The molecule has 26 heavy (non-hydrogen) atoms. The number of carbonyl (C=O) groups is 3. The maximum absolute atomic E-state index is 13.0. The molecule has 1 heterocycles. The molecule has 0 aromatic heterocycles. The molecule has 2 aromatic rings. The van der Waals surface area contributed by atoms with Crippen LogP contribution in [-0.4, -0.2) is 29.5 Å². The molecule has 0 bridgehead atoms. The Balaban J connectivity index is 1.85. The summed E-state index contributed by atoms with van der Waals surface area (Å²) in [6, 6.07) is 16.2. The van der Waals surface area contributed by atoms with Crippen LogP contribution in [0, 0.1) is 5.92 Å². The highest BCUT2D eigenvalue weighted by Gasteiger charge is 2.38. The lowest BCUT2D eigenvalue weighted by Crippen LogP contribution is -2.44. The van der Waals surface area contributed by atoms with E-state index in [1.165, 1.54) is 6.92 Å². The average Bonchev–Trinajstić information content (AvgIpc) is 2.64. The van der Waals surface area contributed by atoms with Gasteiger partial charge < -0.3 is 10.2 Å². The third-order valence-electron chi connectivity index (χ3n) is 4.88. The molecule has 1 aliphatic heterocycles. The summed E-state index contributed by atoms with van der Waals surface area (Å²) in [5, 5.41) is 2.91. The molecule has 1 fully saturated rings. The van der Waals surface area contributed by atoms with Crippen LogP contribution < -0.4 is 5.32 Å². The van der Waals surface area contributed by atoms with Gasteiger partial charge in [0.25, 0.3) is 0 Å². The second kappa shape index (κ2) is 7.52. The molecule has 5 nitrogen and oxygen atoms in total. The Bertz CT molecular complexity index is 832. The van der Waals surface area contributed by atoms with E-state index in [0.29, 0.717) is 24.1 Å². The Hall–Kier alpha value is -2.95. The van der Waals surface area contributed by atoms with Crippen molar-refractivity contribution in [2.75, 3.05) is 12.4 Å². The number of anilines is 1. The topological polar surface area (TPSA) is 66.5 Å². The van der Waals surface area contributed by atoms with Crippen LogP contribution >= 0.6 is 0 Å². The van der Waals surface area contributed by atoms with Gasteiger partial charge >= 0.3 is 0 Å². The fourth-order valence-electron chi connectivity index (χ4n) is 3.47. The molecule has 2 aromatic carbocycles. The normalized spacial score (nSPS) is 19.9. The highest BCUT2D eigenvalue weighted by Crippen LogP contribution is 2.36. The lowest BCUT2D eigenvalue weighted by Gasteiger charge is -2.38. The van der Waals surface area contributed by atoms with E-state index < -0.39 is 0 Å². The number of benzene rings is 2.